The third-order valence-electron chi connectivity index (χ3n) is 4.36. The van der Waals surface area contributed by atoms with E-state index in [1.165, 1.54) is 33.5 Å². The third-order valence-corrected chi connectivity index (χ3v) is 4.86. The molecule has 0 fully saturated rings. The van der Waals surface area contributed by atoms with Crippen molar-refractivity contribution in [3.8, 4) is 17.2 Å². The van der Waals surface area contributed by atoms with Crippen molar-refractivity contribution in [3.63, 3.8) is 0 Å². The van der Waals surface area contributed by atoms with Crippen molar-refractivity contribution in [3.05, 3.63) is 87.4 Å². The van der Waals surface area contributed by atoms with Crippen molar-refractivity contribution < 1.29 is 23.8 Å². The van der Waals surface area contributed by atoms with Gasteiger partial charge in [0.15, 0.2) is 11.5 Å². The first-order valence-electron chi connectivity index (χ1n) is 9.08. The van der Waals surface area contributed by atoms with Crippen LogP contribution in [0.1, 0.15) is 21.5 Å². The number of methoxy groups -OCH3 is 3. The van der Waals surface area contributed by atoms with Gasteiger partial charge in [-0.05, 0) is 36.4 Å². The van der Waals surface area contributed by atoms with E-state index in [2.05, 4.69) is 5.16 Å². The van der Waals surface area contributed by atoms with Crippen LogP contribution in [0.2, 0.25) is 10.0 Å². The van der Waals surface area contributed by atoms with Crippen LogP contribution in [0, 0.1) is 0 Å². The van der Waals surface area contributed by atoms with Crippen molar-refractivity contribution in [2.24, 2.45) is 5.16 Å². The highest BCUT2D eigenvalue weighted by Crippen LogP contribution is 2.38. The first kappa shape index (κ1) is 22.5. The number of rotatable bonds is 7. The van der Waals surface area contributed by atoms with E-state index in [0.717, 1.165) is 0 Å². The van der Waals surface area contributed by atoms with Gasteiger partial charge in [-0.3, -0.25) is 0 Å². The normalized spacial score (nSPS) is 10.2. The van der Waals surface area contributed by atoms with Gasteiger partial charge in [0.25, 0.3) is 0 Å². The van der Waals surface area contributed by atoms with E-state index in [9.17, 15) is 4.79 Å². The van der Waals surface area contributed by atoms with E-state index in [-0.39, 0.29) is 5.56 Å². The monoisotopic (exact) mass is 459 g/mol. The summed E-state index contributed by atoms with van der Waals surface area (Å²) >= 11 is 12.0. The fraction of sp³-hybridized carbons (Fsp3) is 0.130. The Morgan fingerprint density at radius 3 is 1.55 bits per heavy atom. The second kappa shape index (κ2) is 10.2. The van der Waals surface area contributed by atoms with E-state index in [0.29, 0.717) is 44.1 Å². The molecule has 0 aliphatic carbocycles. The quantitative estimate of drug-likeness (QED) is 0.260. The van der Waals surface area contributed by atoms with Crippen LogP contribution >= 0.6 is 23.2 Å². The molecule has 0 aliphatic heterocycles. The van der Waals surface area contributed by atoms with Crippen LogP contribution in [0.25, 0.3) is 0 Å². The van der Waals surface area contributed by atoms with Gasteiger partial charge < -0.3 is 19.0 Å². The van der Waals surface area contributed by atoms with Crippen LogP contribution in [0.4, 0.5) is 0 Å². The standard InChI is InChI=1S/C23H19Cl2NO5/c1-28-19-12-16(13-20(29-2)22(19)30-3)23(27)31-26-21(14-4-8-17(24)9-5-14)15-6-10-18(25)11-7-15/h4-13H,1-3H3. The average molecular weight is 460 g/mol. The molecule has 0 heterocycles. The minimum atomic E-state index is -0.695. The molecule has 0 saturated heterocycles. The molecular weight excluding hydrogens is 441 g/mol. The first-order chi connectivity index (χ1) is 15.0. The summed E-state index contributed by atoms with van der Waals surface area (Å²) in [4.78, 5) is 18.0. The van der Waals surface area contributed by atoms with Crippen LogP contribution in [-0.2, 0) is 4.84 Å². The van der Waals surface area contributed by atoms with Crippen LogP contribution in [0.5, 0.6) is 17.2 Å². The predicted octanol–water partition coefficient (Wildman–Crippen LogP) is 5.63. The Bertz CT molecular complexity index is 1020. The summed E-state index contributed by atoms with van der Waals surface area (Å²) in [7, 11) is 4.40. The number of oxime groups is 1. The van der Waals surface area contributed by atoms with Gasteiger partial charge in [-0.2, -0.15) is 0 Å². The number of ether oxygens (including phenoxy) is 3. The Kier molecular flexibility index (Phi) is 7.39. The molecule has 0 atom stereocenters. The Labute approximate surface area is 189 Å². The molecule has 0 bridgehead atoms. The van der Waals surface area contributed by atoms with Crippen LogP contribution in [-0.4, -0.2) is 33.0 Å². The average Bonchev–Trinajstić information content (AvgIpc) is 2.80. The summed E-state index contributed by atoms with van der Waals surface area (Å²) in [5, 5.41) is 5.28. The molecular formula is C23H19Cl2NO5. The molecule has 0 spiro atoms. The maximum atomic E-state index is 12.7. The Morgan fingerprint density at radius 1 is 0.710 bits per heavy atom. The van der Waals surface area contributed by atoms with E-state index < -0.39 is 5.97 Å². The van der Waals surface area contributed by atoms with Gasteiger partial charge in [-0.25, -0.2) is 4.79 Å². The Balaban J connectivity index is 1.97. The molecule has 0 radical (unpaired) electrons. The van der Waals surface area contributed by atoms with Gasteiger partial charge in [-0.15, -0.1) is 0 Å². The third kappa shape index (κ3) is 5.29. The van der Waals surface area contributed by atoms with Gasteiger partial charge in [-0.1, -0.05) is 52.6 Å². The molecule has 8 heteroatoms. The lowest BCUT2D eigenvalue weighted by molar-refractivity contribution is 0.0516. The molecule has 31 heavy (non-hydrogen) atoms. The molecule has 0 unspecified atom stereocenters. The predicted molar refractivity (Wildman–Crippen MR) is 120 cm³/mol. The zero-order valence-electron chi connectivity index (χ0n) is 17.0. The molecule has 6 nitrogen and oxygen atoms in total. The number of halogens is 2. The highest BCUT2D eigenvalue weighted by Gasteiger charge is 2.19. The molecule has 0 aliphatic rings. The van der Waals surface area contributed by atoms with Crippen molar-refractivity contribution in [2.75, 3.05) is 21.3 Å². The molecule has 0 amide bonds. The lowest BCUT2D eigenvalue weighted by Gasteiger charge is -2.13. The van der Waals surface area contributed by atoms with E-state index in [4.69, 9.17) is 42.3 Å². The van der Waals surface area contributed by atoms with E-state index in [1.807, 2.05) is 0 Å². The highest BCUT2D eigenvalue weighted by molar-refractivity contribution is 6.31. The molecule has 3 aromatic carbocycles. The van der Waals surface area contributed by atoms with Crippen LogP contribution in [0.15, 0.2) is 65.8 Å². The van der Waals surface area contributed by atoms with Gasteiger partial charge in [0.2, 0.25) is 5.75 Å². The number of carbonyl (C=O) groups excluding carboxylic acids is 1. The molecule has 3 aromatic rings. The highest BCUT2D eigenvalue weighted by atomic mass is 35.5. The summed E-state index contributed by atoms with van der Waals surface area (Å²) in [5.74, 6) is 0.328. The number of benzene rings is 3. The summed E-state index contributed by atoms with van der Waals surface area (Å²) in [6.07, 6.45) is 0. The Morgan fingerprint density at radius 2 is 1.16 bits per heavy atom. The Hall–Kier alpha value is -3.22. The number of carbonyl (C=O) groups is 1. The number of hydrogen-bond donors (Lipinski definition) is 0. The summed E-state index contributed by atoms with van der Waals surface area (Å²) < 4.78 is 15.8. The van der Waals surface area contributed by atoms with E-state index in [1.54, 1.807) is 48.5 Å². The van der Waals surface area contributed by atoms with Crippen molar-refractivity contribution >= 4 is 34.9 Å². The largest absolute Gasteiger partial charge is 0.493 e. The van der Waals surface area contributed by atoms with Gasteiger partial charge in [0.1, 0.15) is 5.71 Å². The summed E-state index contributed by atoms with van der Waals surface area (Å²) in [5.41, 5.74) is 2.05. The van der Waals surface area contributed by atoms with Crippen LogP contribution in [0.3, 0.4) is 0 Å². The maximum Gasteiger partial charge on any atom is 0.366 e. The number of hydrogen-bond acceptors (Lipinski definition) is 6. The van der Waals surface area contributed by atoms with Crippen LogP contribution < -0.4 is 14.2 Å². The minimum absolute atomic E-state index is 0.185. The van der Waals surface area contributed by atoms with Crippen molar-refractivity contribution in [1.29, 1.82) is 0 Å². The van der Waals surface area contributed by atoms with Crippen molar-refractivity contribution in [2.45, 2.75) is 0 Å². The molecule has 3 rings (SSSR count). The zero-order chi connectivity index (χ0) is 22.4. The van der Waals surface area contributed by atoms with Gasteiger partial charge in [0.05, 0.1) is 26.9 Å². The molecule has 160 valence electrons. The van der Waals surface area contributed by atoms with Gasteiger partial charge in [0, 0.05) is 21.2 Å². The lowest BCUT2D eigenvalue weighted by atomic mass is 10.0. The molecule has 0 aromatic heterocycles. The SMILES string of the molecule is COc1cc(C(=O)ON=C(c2ccc(Cl)cc2)c2ccc(Cl)cc2)cc(OC)c1OC. The smallest absolute Gasteiger partial charge is 0.366 e. The fourth-order valence-electron chi connectivity index (χ4n) is 2.83. The zero-order valence-corrected chi connectivity index (χ0v) is 18.5. The second-order valence-electron chi connectivity index (χ2n) is 6.25. The minimum Gasteiger partial charge on any atom is -0.493 e. The van der Waals surface area contributed by atoms with E-state index >= 15 is 0 Å². The molecule has 0 saturated carbocycles. The second-order valence-corrected chi connectivity index (χ2v) is 7.12. The first-order valence-corrected chi connectivity index (χ1v) is 9.83. The topological polar surface area (TPSA) is 66.4 Å². The maximum absolute atomic E-state index is 12.7. The lowest BCUT2D eigenvalue weighted by Crippen LogP contribution is -2.08. The molecule has 0 N–H and O–H groups in total. The van der Waals surface area contributed by atoms with Crippen molar-refractivity contribution in [1.82, 2.24) is 0 Å². The summed E-state index contributed by atoms with van der Waals surface area (Å²) in [6, 6.07) is 17.0. The van der Waals surface area contributed by atoms with Gasteiger partial charge >= 0.3 is 5.97 Å². The fourth-order valence-corrected chi connectivity index (χ4v) is 3.08. The number of nitrogens with zero attached hydrogens (tertiary/aromatic N) is 1. The summed E-state index contributed by atoms with van der Waals surface area (Å²) in [6.45, 7) is 0.